The molecule has 0 spiro atoms. The summed E-state index contributed by atoms with van der Waals surface area (Å²) in [5, 5.41) is 3.51. The number of furan rings is 1. The second kappa shape index (κ2) is 18.3. The number of hydrogen-bond donors (Lipinski definition) is 0. The zero-order valence-electron chi connectivity index (χ0n) is 38.5. The fraction of sp³-hybridized carbons (Fsp3) is 0.268. The number of hydrogen-bond acceptors (Lipinski definition) is 4. The summed E-state index contributed by atoms with van der Waals surface area (Å²) in [7, 11) is -1.37. The summed E-state index contributed by atoms with van der Waals surface area (Å²) in [4.78, 5) is 14.6. The summed E-state index contributed by atoms with van der Waals surface area (Å²) in [6.45, 7) is 25.2. The minimum absolute atomic E-state index is 0. The van der Waals surface area contributed by atoms with Gasteiger partial charge in [-0.3, -0.25) is 4.98 Å². The van der Waals surface area contributed by atoms with E-state index in [0.29, 0.717) is 17.5 Å². The predicted octanol–water partition coefficient (Wildman–Crippen LogP) is 14.7. The molecule has 9 rings (SSSR count). The van der Waals surface area contributed by atoms with Gasteiger partial charge in [0.25, 0.3) is 0 Å². The van der Waals surface area contributed by atoms with Crippen molar-refractivity contribution in [1.29, 1.82) is 0 Å². The first-order valence-electron chi connectivity index (χ1n) is 22.0. The van der Waals surface area contributed by atoms with Gasteiger partial charge < -0.3 is 14.0 Å². The molecule has 0 bridgehead atoms. The zero-order chi connectivity index (χ0) is 43.9. The average Bonchev–Trinajstić information content (AvgIpc) is 3.81. The van der Waals surface area contributed by atoms with Crippen LogP contribution in [0.2, 0.25) is 19.6 Å². The molecule has 0 aliphatic rings. The maximum Gasteiger partial charge on any atom is 0.216 e. The van der Waals surface area contributed by atoms with E-state index in [4.69, 9.17) is 14.4 Å². The molecule has 63 heavy (non-hydrogen) atoms. The molecule has 0 aliphatic heterocycles. The molecule has 323 valence electrons. The van der Waals surface area contributed by atoms with Crippen LogP contribution in [-0.4, -0.2) is 27.6 Å². The molecule has 4 heterocycles. The first-order chi connectivity index (χ1) is 29.6. The van der Waals surface area contributed by atoms with E-state index in [1.54, 1.807) is 0 Å². The van der Waals surface area contributed by atoms with Gasteiger partial charge in [-0.1, -0.05) is 133 Å². The molecular formula is C56H58IrN4OSi-2. The fourth-order valence-corrected chi connectivity index (χ4v) is 10.1. The summed E-state index contributed by atoms with van der Waals surface area (Å²) in [6.07, 6.45) is 3.21. The quantitative estimate of drug-likeness (QED) is 0.112. The minimum Gasteiger partial charge on any atom is -0.486 e. The van der Waals surface area contributed by atoms with Gasteiger partial charge in [-0.05, 0) is 100 Å². The third-order valence-corrected chi connectivity index (χ3v) is 13.5. The molecule has 0 N–H and O–H groups in total. The van der Waals surface area contributed by atoms with E-state index in [0.717, 1.165) is 62.1 Å². The van der Waals surface area contributed by atoms with Gasteiger partial charge in [0.05, 0.1) is 30.5 Å². The fourth-order valence-electron chi connectivity index (χ4n) is 8.51. The Balaban J connectivity index is 0.000000229. The van der Waals surface area contributed by atoms with E-state index in [2.05, 4.69) is 181 Å². The normalized spacial score (nSPS) is 12.0. The topological polar surface area (TPSA) is 56.7 Å². The Bertz CT molecular complexity index is 3000. The van der Waals surface area contributed by atoms with E-state index in [-0.39, 0.29) is 25.5 Å². The van der Waals surface area contributed by atoms with Gasteiger partial charge in [-0.2, -0.15) is 0 Å². The van der Waals surface area contributed by atoms with Crippen LogP contribution >= 0.6 is 0 Å². The number of nitrogens with zero attached hydrogens (tertiary/aromatic N) is 4. The summed E-state index contributed by atoms with van der Waals surface area (Å²) in [6, 6.07) is 49.1. The second-order valence-corrected chi connectivity index (χ2v) is 24.5. The van der Waals surface area contributed by atoms with Crippen molar-refractivity contribution in [3.8, 4) is 39.5 Å². The van der Waals surface area contributed by atoms with Gasteiger partial charge in [0.15, 0.2) is 0 Å². The Morgan fingerprint density at radius 2 is 1.40 bits per heavy atom. The molecule has 0 amide bonds. The van der Waals surface area contributed by atoms with Gasteiger partial charge >= 0.3 is 0 Å². The SMILES string of the molecule is CC(C)(C)Cc1cc(-c2[c-]cccc2)ncc1[Si](C)(C)C.Cc1ccc2c(n1)oc1c(-c3nc4ccccc4n3-c3c(C(C)C)cc(-c4ccccc4)cc3C(C)C)[c-]ccc12.[Ir]. The first-order valence-corrected chi connectivity index (χ1v) is 25.5. The van der Waals surface area contributed by atoms with E-state index in [9.17, 15) is 0 Å². The summed E-state index contributed by atoms with van der Waals surface area (Å²) >= 11 is 0. The van der Waals surface area contributed by atoms with Crippen molar-refractivity contribution in [3.63, 3.8) is 0 Å². The average molecular weight is 1020 g/mol. The molecule has 9 aromatic rings. The van der Waals surface area contributed by atoms with Crippen LogP contribution in [0.4, 0.5) is 0 Å². The number of rotatable bonds is 8. The van der Waals surface area contributed by atoms with Crippen LogP contribution in [0.3, 0.4) is 0 Å². The number of aromatic nitrogens is 4. The van der Waals surface area contributed by atoms with Crippen molar-refractivity contribution < 1.29 is 24.5 Å². The number of para-hydroxylation sites is 2. The molecule has 0 aliphatic carbocycles. The van der Waals surface area contributed by atoms with Crippen LogP contribution in [0.5, 0.6) is 0 Å². The van der Waals surface area contributed by atoms with Crippen molar-refractivity contribution in [2.45, 2.75) is 93.3 Å². The van der Waals surface area contributed by atoms with E-state index < -0.39 is 8.07 Å². The molecule has 0 fully saturated rings. The van der Waals surface area contributed by atoms with E-state index in [1.165, 1.54) is 38.7 Å². The molecule has 1 radical (unpaired) electrons. The third-order valence-electron chi connectivity index (χ3n) is 11.5. The van der Waals surface area contributed by atoms with Crippen LogP contribution in [0.15, 0.2) is 132 Å². The molecule has 4 aromatic heterocycles. The maximum absolute atomic E-state index is 6.44. The van der Waals surface area contributed by atoms with Crippen LogP contribution in [0, 0.1) is 24.5 Å². The van der Waals surface area contributed by atoms with Gasteiger partial charge in [0, 0.05) is 43.1 Å². The molecule has 0 saturated carbocycles. The van der Waals surface area contributed by atoms with E-state index >= 15 is 0 Å². The Morgan fingerprint density at radius 1 is 0.714 bits per heavy atom. The number of pyridine rings is 2. The standard InChI is InChI=1S/C37H32N3O.C19H26NSi.Ir/c1-22(2)30-20-26(25-12-7-6-8-13-25)21-31(23(3)4)34(30)40-33-17-10-9-16-32(33)39-36(40)29-15-11-14-27-28-19-18-24(5)38-37(28)41-35(27)29;1-19(2,3)13-16-12-17(15-10-8-7-9-11-15)20-14-18(16)21(4,5)6;/h6-14,16-23H,1-5H3;7-10,12,14H,13H2,1-6H3;/q2*-1;. The maximum atomic E-state index is 6.44. The molecule has 0 atom stereocenters. The van der Waals surface area contributed by atoms with Crippen molar-refractivity contribution in [3.05, 3.63) is 162 Å². The van der Waals surface area contributed by atoms with Crippen molar-refractivity contribution in [1.82, 2.24) is 19.5 Å². The summed E-state index contributed by atoms with van der Waals surface area (Å²) < 4.78 is 8.78. The molecular weight excluding hydrogens is 965 g/mol. The first kappa shape index (κ1) is 45.6. The van der Waals surface area contributed by atoms with Gasteiger partial charge in [-0.15, -0.1) is 54.1 Å². The number of imidazole rings is 1. The Morgan fingerprint density at radius 3 is 2.05 bits per heavy atom. The molecule has 7 heteroatoms. The van der Waals surface area contributed by atoms with Crippen LogP contribution in [-0.2, 0) is 26.5 Å². The summed E-state index contributed by atoms with van der Waals surface area (Å²) in [5.41, 5.74) is 15.3. The number of benzene rings is 5. The van der Waals surface area contributed by atoms with Crippen molar-refractivity contribution in [2.24, 2.45) is 5.41 Å². The van der Waals surface area contributed by atoms with Gasteiger partial charge in [0.2, 0.25) is 5.71 Å². The Kier molecular flexibility index (Phi) is 13.3. The van der Waals surface area contributed by atoms with Gasteiger partial charge in [0.1, 0.15) is 0 Å². The number of aryl methyl sites for hydroxylation is 1. The van der Waals surface area contributed by atoms with Gasteiger partial charge in [-0.25, -0.2) is 4.98 Å². The monoisotopic (exact) mass is 1020 g/mol. The predicted molar refractivity (Wildman–Crippen MR) is 263 cm³/mol. The van der Waals surface area contributed by atoms with Crippen LogP contribution in [0.25, 0.3) is 72.6 Å². The summed E-state index contributed by atoms with van der Waals surface area (Å²) in [5.74, 6) is 1.40. The van der Waals surface area contributed by atoms with E-state index in [1.807, 2.05) is 43.3 Å². The Labute approximate surface area is 388 Å². The smallest absolute Gasteiger partial charge is 0.216 e. The zero-order valence-corrected chi connectivity index (χ0v) is 41.9. The molecule has 0 saturated heterocycles. The third kappa shape index (κ3) is 9.57. The van der Waals surface area contributed by atoms with Crippen LogP contribution in [0.1, 0.15) is 82.7 Å². The second-order valence-electron chi connectivity index (χ2n) is 19.4. The molecule has 0 unspecified atom stereocenters. The van der Waals surface area contributed by atoms with Crippen molar-refractivity contribution in [2.75, 3.05) is 0 Å². The largest absolute Gasteiger partial charge is 0.486 e. The van der Waals surface area contributed by atoms with Crippen LogP contribution < -0.4 is 5.19 Å². The minimum atomic E-state index is -1.37. The van der Waals surface area contributed by atoms with Crippen molar-refractivity contribution >= 4 is 46.4 Å². The number of fused-ring (bicyclic) bond motifs is 4. The molecule has 5 aromatic carbocycles. The Hall–Kier alpha value is -5.46. The molecule has 5 nitrogen and oxygen atoms in total.